The lowest BCUT2D eigenvalue weighted by Crippen LogP contribution is -2.30. The Hall–Kier alpha value is -2.67. The lowest BCUT2D eigenvalue weighted by Gasteiger charge is -2.24. The number of hydrogen-bond donors (Lipinski definition) is 0. The summed E-state index contributed by atoms with van der Waals surface area (Å²) < 4.78 is 45.2. The summed E-state index contributed by atoms with van der Waals surface area (Å²) in [6.07, 6.45) is 3.68. The van der Waals surface area contributed by atoms with Crippen molar-refractivity contribution in [2.45, 2.75) is 43.4 Å². The van der Waals surface area contributed by atoms with Crippen molar-refractivity contribution in [3.05, 3.63) is 47.3 Å². The van der Waals surface area contributed by atoms with E-state index in [9.17, 15) is 8.42 Å². The van der Waals surface area contributed by atoms with Crippen molar-refractivity contribution in [2.75, 3.05) is 27.4 Å². The maximum Gasteiger partial charge on any atom is 0.213 e. The third-order valence-corrected chi connectivity index (χ3v) is 8.48. The zero-order valence-corrected chi connectivity index (χ0v) is 21.9. The highest BCUT2D eigenvalue weighted by Gasteiger charge is 2.35. The molecule has 2 atom stereocenters. The molecule has 13 heteroatoms. The molecule has 0 unspecified atom stereocenters. The summed E-state index contributed by atoms with van der Waals surface area (Å²) >= 11 is 5.88. The average molecular weight is 537 g/mol. The number of rotatable bonds is 10. The standard InChI is InChI=1S/C23H29ClN6O5S/c1-15(21(34-3)22-25-11-17(24)12-26-22)36(31,32)14-19-28-29-23(18-5-4-6-20(27-18)33-2)30(19)13-16-7-9-35-10-8-16/h4-6,11-12,15-16,21H,7-10,13-14H2,1-3H3/t15-,21-/m0/s1. The fraction of sp³-hybridized carbons (Fsp3) is 0.522. The highest BCUT2D eigenvalue weighted by Crippen LogP contribution is 2.28. The molecule has 0 amide bonds. The second-order valence-corrected chi connectivity index (χ2v) is 11.4. The second kappa shape index (κ2) is 11.6. The third-order valence-electron chi connectivity index (χ3n) is 6.24. The fourth-order valence-corrected chi connectivity index (χ4v) is 5.68. The van der Waals surface area contributed by atoms with E-state index in [4.69, 9.17) is 25.8 Å². The topological polar surface area (TPSA) is 131 Å². The predicted molar refractivity (Wildman–Crippen MR) is 132 cm³/mol. The van der Waals surface area contributed by atoms with Gasteiger partial charge in [0, 0.05) is 45.3 Å². The van der Waals surface area contributed by atoms with Gasteiger partial charge in [0.25, 0.3) is 0 Å². The molecule has 11 nitrogen and oxygen atoms in total. The molecule has 1 aliphatic heterocycles. The molecule has 0 aliphatic carbocycles. The largest absolute Gasteiger partial charge is 0.481 e. The Labute approximate surface area is 215 Å². The van der Waals surface area contributed by atoms with Gasteiger partial charge in [0.05, 0.1) is 17.4 Å². The number of halogens is 1. The van der Waals surface area contributed by atoms with Gasteiger partial charge in [-0.3, -0.25) is 0 Å². The Bertz CT molecular complexity index is 1260. The van der Waals surface area contributed by atoms with Crippen molar-refractivity contribution in [3.8, 4) is 17.4 Å². The lowest BCUT2D eigenvalue weighted by molar-refractivity contribution is 0.0611. The van der Waals surface area contributed by atoms with Gasteiger partial charge in [-0.15, -0.1) is 10.2 Å². The number of aromatic nitrogens is 6. The van der Waals surface area contributed by atoms with Gasteiger partial charge in [-0.1, -0.05) is 17.7 Å². The van der Waals surface area contributed by atoms with Crippen LogP contribution in [0.25, 0.3) is 11.5 Å². The lowest BCUT2D eigenvalue weighted by atomic mass is 10.0. The Kier molecular flexibility index (Phi) is 8.50. The minimum absolute atomic E-state index is 0.239. The molecule has 1 saturated heterocycles. The van der Waals surface area contributed by atoms with Crippen LogP contribution in [0.5, 0.6) is 5.88 Å². The molecule has 3 aromatic rings. The van der Waals surface area contributed by atoms with Crippen LogP contribution in [0, 0.1) is 5.92 Å². The summed E-state index contributed by atoms with van der Waals surface area (Å²) in [6.45, 7) is 3.46. The van der Waals surface area contributed by atoms with E-state index >= 15 is 0 Å². The number of sulfone groups is 1. The monoisotopic (exact) mass is 536 g/mol. The Morgan fingerprint density at radius 3 is 2.56 bits per heavy atom. The molecule has 4 heterocycles. The van der Waals surface area contributed by atoms with E-state index in [1.54, 1.807) is 19.1 Å². The highest BCUT2D eigenvalue weighted by molar-refractivity contribution is 7.91. The first kappa shape index (κ1) is 26.4. The SMILES string of the molecule is COc1cccc(-c2nnc(CS(=O)(=O)[C@@H](C)[C@H](OC)c3ncc(Cl)cn3)n2CC2CCOCC2)n1. The maximum absolute atomic E-state index is 13.5. The number of hydrogen-bond acceptors (Lipinski definition) is 10. The van der Waals surface area contributed by atoms with Crippen molar-refractivity contribution < 1.29 is 22.6 Å². The molecule has 0 aromatic carbocycles. The molecule has 3 aromatic heterocycles. The van der Waals surface area contributed by atoms with Crippen LogP contribution in [0.2, 0.25) is 5.02 Å². The number of ether oxygens (including phenoxy) is 3. The van der Waals surface area contributed by atoms with Gasteiger partial charge in [-0.2, -0.15) is 0 Å². The molecule has 0 saturated carbocycles. The molecule has 0 spiro atoms. The quantitative estimate of drug-likeness (QED) is 0.381. The van der Waals surface area contributed by atoms with E-state index in [2.05, 4.69) is 25.1 Å². The molecule has 1 fully saturated rings. The van der Waals surface area contributed by atoms with Crippen LogP contribution in [0.4, 0.5) is 0 Å². The maximum atomic E-state index is 13.5. The average Bonchev–Trinajstić information content (AvgIpc) is 3.27. The van der Waals surface area contributed by atoms with Crippen LogP contribution < -0.4 is 4.74 Å². The summed E-state index contributed by atoms with van der Waals surface area (Å²) in [7, 11) is -0.797. The van der Waals surface area contributed by atoms with Gasteiger partial charge in [0.1, 0.15) is 23.4 Å². The van der Waals surface area contributed by atoms with Gasteiger partial charge in [0.2, 0.25) is 5.88 Å². The third kappa shape index (κ3) is 6.00. The van der Waals surface area contributed by atoms with E-state index in [1.165, 1.54) is 26.6 Å². The fourth-order valence-electron chi connectivity index (χ4n) is 4.14. The van der Waals surface area contributed by atoms with Crippen molar-refractivity contribution in [1.82, 2.24) is 29.7 Å². The Balaban J connectivity index is 1.66. The van der Waals surface area contributed by atoms with E-state index in [-0.39, 0.29) is 11.6 Å². The summed E-state index contributed by atoms with van der Waals surface area (Å²) in [5, 5.41) is 8.02. The summed E-state index contributed by atoms with van der Waals surface area (Å²) in [6, 6.07) is 5.34. The molecule has 4 rings (SSSR count). The van der Waals surface area contributed by atoms with Gasteiger partial charge in [-0.05, 0) is 31.7 Å². The van der Waals surface area contributed by atoms with Crippen LogP contribution in [-0.4, -0.2) is 70.8 Å². The second-order valence-electron chi connectivity index (χ2n) is 8.60. The molecule has 194 valence electrons. The zero-order chi connectivity index (χ0) is 25.7. The molecule has 0 N–H and O–H groups in total. The van der Waals surface area contributed by atoms with Crippen molar-refractivity contribution in [2.24, 2.45) is 5.92 Å². The van der Waals surface area contributed by atoms with E-state index in [1.807, 2.05) is 10.6 Å². The van der Waals surface area contributed by atoms with Crippen LogP contribution in [0.1, 0.15) is 37.5 Å². The summed E-state index contributed by atoms with van der Waals surface area (Å²) in [5.41, 5.74) is 0.551. The molecular formula is C23H29ClN6O5S. The van der Waals surface area contributed by atoms with Crippen molar-refractivity contribution >= 4 is 21.4 Å². The zero-order valence-electron chi connectivity index (χ0n) is 20.4. The minimum atomic E-state index is -3.76. The normalized spacial score (nSPS) is 16.6. The van der Waals surface area contributed by atoms with E-state index < -0.39 is 21.2 Å². The minimum Gasteiger partial charge on any atom is -0.481 e. The van der Waals surface area contributed by atoms with Crippen molar-refractivity contribution in [1.29, 1.82) is 0 Å². The first-order valence-corrected chi connectivity index (χ1v) is 13.6. The Morgan fingerprint density at radius 1 is 1.17 bits per heavy atom. The van der Waals surface area contributed by atoms with Gasteiger partial charge in [0.15, 0.2) is 21.5 Å². The van der Waals surface area contributed by atoms with Gasteiger partial charge < -0.3 is 18.8 Å². The Morgan fingerprint density at radius 2 is 1.89 bits per heavy atom. The first-order chi connectivity index (χ1) is 17.3. The number of nitrogens with zero attached hydrogens (tertiary/aromatic N) is 6. The smallest absolute Gasteiger partial charge is 0.213 e. The molecule has 0 radical (unpaired) electrons. The highest BCUT2D eigenvalue weighted by atomic mass is 35.5. The molecular weight excluding hydrogens is 508 g/mol. The van der Waals surface area contributed by atoms with Crippen LogP contribution in [-0.2, 0) is 31.6 Å². The molecule has 1 aliphatic rings. The summed E-state index contributed by atoms with van der Waals surface area (Å²) in [5.74, 6) is 1.46. The summed E-state index contributed by atoms with van der Waals surface area (Å²) in [4.78, 5) is 12.8. The number of pyridine rings is 1. The van der Waals surface area contributed by atoms with E-state index in [0.29, 0.717) is 53.9 Å². The van der Waals surface area contributed by atoms with Crippen molar-refractivity contribution in [3.63, 3.8) is 0 Å². The van der Waals surface area contributed by atoms with Gasteiger partial charge in [-0.25, -0.2) is 23.4 Å². The van der Waals surface area contributed by atoms with Crippen LogP contribution in [0.3, 0.4) is 0 Å². The first-order valence-electron chi connectivity index (χ1n) is 11.6. The van der Waals surface area contributed by atoms with Crippen LogP contribution >= 0.6 is 11.6 Å². The molecule has 0 bridgehead atoms. The number of methoxy groups -OCH3 is 2. The van der Waals surface area contributed by atoms with Gasteiger partial charge >= 0.3 is 0 Å². The molecule has 36 heavy (non-hydrogen) atoms. The predicted octanol–water partition coefficient (Wildman–Crippen LogP) is 2.91. The van der Waals surface area contributed by atoms with Crippen LogP contribution in [0.15, 0.2) is 30.6 Å². The van der Waals surface area contributed by atoms with E-state index in [0.717, 1.165) is 12.8 Å².